The third kappa shape index (κ3) is 4.83. The average molecular weight is 444 g/mol. The summed E-state index contributed by atoms with van der Waals surface area (Å²) in [5.74, 6) is -0.107. The van der Waals surface area contributed by atoms with Crippen molar-refractivity contribution in [1.82, 2.24) is 15.2 Å². The quantitative estimate of drug-likeness (QED) is 0.503. The summed E-state index contributed by atoms with van der Waals surface area (Å²) in [5.41, 5.74) is 1.62. The van der Waals surface area contributed by atoms with Gasteiger partial charge in [-0.05, 0) is 50.3 Å². The van der Waals surface area contributed by atoms with Crippen LogP contribution in [0.1, 0.15) is 54.7 Å². The molecular formula is C25H28F3N3O. The molecule has 3 atom stereocenters. The molecular weight excluding hydrogens is 415 g/mol. The average Bonchev–Trinajstić information content (AvgIpc) is 3.22. The molecule has 1 aromatic heterocycles. The van der Waals surface area contributed by atoms with E-state index in [1.165, 1.54) is 12.1 Å². The first kappa shape index (κ1) is 22.4. The van der Waals surface area contributed by atoms with Gasteiger partial charge >= 0.3 is 6.18 Å². The maximum absolute atomic E-state index is 13.8. The summed E-state index contributed by atoms with van der Waals surface area (Å²) in [7, 11) is 0. The van der Waals surface area contributed by atoms with E-state index in [4.69, 9.17) is 0 Å². The highest BCUT2D eigenvalue weighted by Crippen LogP contribution is 2.35. The second kappa shape index (κ2) is 9.36. The molecule has 3 aromatic rings. The molecule has 4 nitrogen and oxygen atoms in total. The molecule has 0 spiro atoms. The van der Waals surface area contributed by atoms with E-state index in [2.05, 4.69) is 10.3 Å². The zero-order valence-corrected chi connectivity index (χ0v) is 18.0. The van der Waals surface area contributed by atoms with Crippen molar-refractivity contribution in [2.75, 3.05) is 6.54 Å². The number of alkyl halides is 3. The molecule has 2 N–H and O–H groups in total. The van der Waals surface area contributed by atoms with Gasteiger partial charge in [0, 0.05) is 29.5 Å². The maximum atomic E-state index is 13.8. The molecule has 1 fully saturated rings. The number of rotatable bonds is 6. The molecule has 1 aliphatic carbocycles. The molecule has 1 saturated carbocycles. The number of aromatic amines is 1. The number of amides is 1. The summed E-state index contributed by atoms with van der Waals surface area (Å²) < 4.78 is 41.4. The molecule has 2 aromatic carbocycles. The minimum absolute atomic E-state index is 0.102. The van der Waals surface area contributed by atoms with E-state index in [9.17, 15) is 18.0 Å². The largest absolute Gasteiger partial charge is 0.407 e. The van der Waals surface area contributed by atoms with Crippen molar-refractivity contribution in [3.8, 4) is 0 Å². The minimum atomic E-state index is -4.39. The van der Waals surface area contributed by atoms with Crippen molar-refractivity contribution in [1.29, 1.82) is 0 Å². The van der Waals surface area contributed by atoms with Crippen LogP contribution >= 0.6 is 0 Å². The Labute approximate surface area is 185 Å². The Morgan fingerprint density at radius 2 is 1.84 bits per heavy atom. The van der Waals surface area contributed by atoms with Crippen molar-refractivity contribution in [3.63, 3.8) is 0 Å². The van der Waals surface area contributed by atoms with Crippen LogP contribution in [0.15, 0.2) is 60.7 Å². The SMILES string of the molecule is CCN(C(=O)c1cc2ccccc2[nH]1)[C@H]1CCC[C@@H](N[C@H](c2ccccc2)C(F)(F)F)C1. The molecule has 1 aliphatic rings. The Bertz CT molecular complexity index is 1010. The number of halogens is 3. The minimum Gasteiger partial charge on any atom is -0.351 e. The molecule has 0 saturated heterocycles. The number of fused-ring (bicyclic) bond motifs is 1. The summed E-state index contributed by atoms with van der Waals surface area (Å²) in [6.07, 6.45) is -1.66. The summed E-state index contributed by atoms with van der Waals surface area (Å²) in [5, 5.41) is 3.81. The van der Waals surface area contributed by atoms with Crippen LogP contribution in [0.3, 0.4) is 0 Å². The molecule has 0 bridgehead atoms. The molecule has 1 amide bonds. The number of para-hydroxylation sites is 1. The van der Waals surface area contributed by atoms with Crippen LogP contribution in [-0.4, -0.2) is 40.6 Å². The van der Waals surface area contributed by atoms with E-state index < -0.39 is 12.2 Å². The van der Waals surface area contributed by atoms with Gasteiger partial charge in [-0.2, -0.15) is 13.2 Å². The molecule has 1 heterocycles. The van der Waals surface area contributed by atoms with Gasteiger partial charge in [-0.3, -0.25) is 10.1 Å². The third-order valence-electron chi connectivity index (χ3n) is 6.31. The van der Waals surface area contributed by atoms with Gasteiger partial charge in [0.1, 0.15) is 11.7 Å². The fourth-order valence-corrected chi connectivity index (χ4v) is 4.77. The fourth-order valence-electron chi connectivity index (χ4n) is 4.77. The van der Waals surface area contributed by atoms with Crippen molar-refractivity contribution >= 4 is 16.8 Å². The van der Waals surface area contributed by atoms with Gasteiger partial charge in [0.25, 0.3) is 5.91 Å². The number of benzene rings is 2. The van der Waals surface area contributed by atoms with Crippen molar-refractivity contribution in [2.24, 2.45) is 0 Å². The van der Waals surface area contributed by atoms with Crippen molar-refractivity contribution < 1.29 is 18.0 Å². The molecule has 0 aliphatic heterocycles. The predicted molar refractivity (Wildman–Crippen MR) is 119 cm³/mol. The third-order valence-corrected chi connectivity index (χ3v) is 6.31. The van der Waals surface area contributed by atoms with Gasteiger partial charge in [-0.15, -0.1) is 0 Å². The van der Waals surface area contributed by atoms with E-state index >= 15 is 0 Å². The first-order chi connectivity index (χ1) is 15.4. The van der Waals surface area contributed by atoms with Crippen LogP contribution in [0, 0.1) is 0 Å². The van der Waals surface area contributed by atoms with Crippen LogP contribution in [0.25, 0.3) is 10.9 Å². The number of aromatic nitrogens is 1. The number of nitrogens with zero attached hydrogens (tertiary/aromatic N) is 1. The Morgan fingerprint density at radius 1 is 1.12 bits per heavy atom. The zero-order chi connectivity index (χ0) is 22.7. The second-order valence-electron chi connectivity index (χ2n) is 8.43. The van der Waals surface area contributed by atoms with E-state index in [-0.39, 0.29) is 23.6 Å². The maximum Gasteiger partial charge on any atom is 0.407 e. The smallest absolute Gasteiger partial charge is 0.351 e. The van der Waals surface area contributed by atoms with E-state index in [1.807, 2.05) is 37.3 Å². The summed E-state index contributed by atoms with van der Waals surface area (Å²) in [6, 6.07) is 15.4. The van der Waals surface area contributed by atoms with Crippen molar-refractivity contribution in [2.45, 2.75) is 56.9 Å². The van der Waals surface area contributed by atoms with Gasteiger partial charge < -0.3 is 9.88 Å². The highest BCUT2D eigenvalue weighted by molar-refractivity contribution is 5.98. The molecule has 170 valence electrons. The lowest BCUT2D eigenvalue weighted by Crippen LogP contribution is -2.49. The van der Waals surface area contributed by atoms with Gasteiger partial charge in [0.15, 0.2) is 0 Å². The predicted octanol–water partition coefficient (Wildman–Crippen LogP) is 5.83. The first-order valence-electron chi connectivity index (χ1n) is 11.1. The van der Waals surface area contributed by atoms with Crippen molar-refractivity contribution in [3.05, 3.63) is 71.9 Å². The Morgan fingerprint density at radius 3 is 2.53 bits per heavy atom. The van der Waals surface area contributed by atoms with Crippen LogP contribution in [0.4, 0.5) is 13.2 Å². The van der Waals surface area contributed by atoms with Crippen LogP contribution < -0.4 is 5.32 Å². The number of nitrogens with one attached hydrogen (secondary N) is 2. The van der Waals surface area contributed by atoms with Gasteiger partial charge in [0.05, 0.1) is 0 Å². The number of carbonyl (C=O) groups is 1. The summed E-state index contributed by atoms with van der Waals surface area (Å²) in [6.45, 7) is 2.42. The van der Waals surface area contributed by atoms with Gasteiger partial charge in [0.2, 0.25) is 0 Å². The van der Waals surface area contributed by atoms with Crippen LogP contribution in [0.2, 0.25) is 0 Å². The Hall–Kier alpha value is -2.80. The highest BCUT2D eigenvalue weighted by atomic mass is 19.4. The molecule has 0 radical (unpaired) electrons. The topological polar surface area (TPSA) is 48.1 Å². The number of carbonyl (C=O) groups excluding carboxylic acids is 1. The highest BCUT2D eigenvalue weighted by Gasteiger charge is 2.42. The Balaban J connectivity index is 1.49. The molecule has 32 heavy (non-hydrogen) atoms. The first-order valence-corrected chi connectivity index (χ1v) is 11.1. The number of H-pyrrole nitrogens is 1. The molecule has 7 heteroatoms. The molecule has 4 rings (SSSR count). The van der Waals surface area contributed by atoms with Crippen LogP contribution in [-0.2, 0) is 0 Å². The van der Waals surface area contributed by atoms with E-state index in [1.54, 1.807) is 23.1 Å². The Kier molecular flexibility index (Phi) is 6.55. The zero-order valence-electron chi connectivity index (χ0n) is 18.0. The molecule has 0 unspecified atom stereocenters. The lowest BCUT2D eigenvalue weighted by molar-refractivity contribution is -0.160. The monoisotopic (exact) mass is 443 g/mol. The normalized spacial score (nSPS) is 20.2. The summed E-state index contributed by atoms with van der Waals surface area (Å²) in [4.78, 5) is 18.2. The van der Waals surface area contributed by atoms with E-state index in [0.717, 1.165) is 23.7 Å². The fraction of sp³-hybridized carbons (Fsp3) is 0.400. The lowest BCUT2D eigenvalue weighted by Gasteiger charge is -2.39. The lowest BCUT2D eigenvalue weighted by atomic mass is 9.88. The standard InChI is InChI=1S/C25H28F3N3O/c1-2-31(24(32)22-15-18-11-6-7-14-21(18)30-22)20-13-8-12-19(16-20)29-23(25(26,27)28)17-9-4-3-5-10-17/h3-7,9-11,14-15,19-20,23,29-30H,2,8,12-13,16H2,1H3/t19-,20+,23-/m1/s1. The summed E-state index contributed by atoms with van der Waals surface area (Å²) >= 11 is 0. The second-order valence-corrected chi connectivity index (χ2v) is 8.43. The number of hydrogen-bond acceptors (Lipinski definition) is 2. The van der Waals surface area contributed by atoms with Gasteiger partial charge in [-0.25, -0.2) is 0 Å². The number of hydrogen-bond donors (Lipinski definition) is 2. The van der Waals surface area contributed by atoms with Crippen LogP contribution in [0.5, 0.6) is 0 Å². The van der Waals surface area contributed by atoms with E-state index in [0.29, 0.717) is 25.1 Å². The van der Waals surface area contributed by atoms with Gasteiger partial charge in [-0.1, -0.05) is 48.5 Å².